The van der Waals surface area contributed by atoms with Gasteiger partial charge in [-0.05, 0) is 23.8 Å². The molecular weight excluding hydrogens is 344 g/mol. The lowest BCUT2D eigenvalue weighted by atomic mass is 10.1. The number of anilines is 2. The number of pyridine rings is 1. The molecule has 132 valence electrons. The number of rotatable bonds is 5. The minimum Gasteiger partial charge on any atom is -0.481 e. The smallest absolute Gasteiger partial charge is 0.229 e. The Balaban J connectivity index is 1.68. The zero-order valence-corrected chi connectivity index (χ0v) is 14.4. The fourth-order valence-electron chi connectivity index (χ4n) is 2.56. The Morgan fingerprint density at radius 2 is 2.11 bits per heavy atom. The van der Waals surface area contributed by atoms with Crippen molar-refractivity contribution in [3.8, 4) is 17.6 Å². The van der Waals surface area contributed by atoms with Crippen molar-refractivity contribution in [2.75, 3.05) is 12.4 Å². The van der Waals surface area contributed by atoms with Crippen LogP contribution in [0.1, 0.15) is 5.56 Å². The van der Waals surface area contributed by atoms with E-state index in [1.54, 1.807) is 30.3 Å². The maximum absolute atomic E-state index is 8.90. The van der Waals surface area contributed by atoms with Crippen LogP contribution in [0.4, 0.5) is 11.6 Å². The van der Waals surface area contributed by atoms with E-state index in [-0.39, 0.29) is 0 Å². The molecule has 0 aliphatic heterocycles. The van der Waals surface area contributed by atoms with Gasteiger partial charge in [-0.15, -0.1) is 5.10 Å². The van der Waals surface area contributed by atoms with Crippen LogP contribution in [-0.2, 0) is 6.42 Å². The summed E-state index contributed by atoms with van der Waals surface area (Å²) in [5.41, 5.74) is 3.53. The molecule has 0 saturated carbocycles. The highest BCUT2D eigenvalue weighted by molar-refractivity contribution is 5.72. The Bertz CT molecular complexity index is 1130. The van der Waals surface area contributed by atoms with Crippen LogP contribution in [0.3, 0.4) is 0 Å². The van der Waals surface area contributed by atoms with E-state index in [2.05, 4.69) is 36.7 Å². The van der Waals surface area contributed by atoms with Crippen LogP contribution in [0.5, 0.6) is 5.88 Å². The van der Waals surface area contributed by atoms with E-state index in [4.69, 9.17) is 10.00 Å². The average molecular weight is 358 g/mol. The molecule has 9 heteroatoms. The van der Waals surface area contributed by atoms with Crippen LogP contribution in [0, 0.1) is 11.3 Å². The zero-order chi connectivity index (χ0) is 18.6. The normalized spacial score (nSPS) is 10.5. The standard InChI is InChI=1S/C18H14N8O/c1-27-16-6-5-13(10-20-16)22-18-21-11-15-17(23-18)26(25-24-15)14-4-2-3-12(9-14)7-8-19/h2-6,9-11H,7H2,1H3,(H,21,22,23). The lowest BCUT2D eigenvalue weighted by Gasteiger charge is -2.06. The molecule has 4 rings (SSSR count). The van der Waals surface area contributed by atoms with E-state index in [1.807, 2.05) is 30.3 Å². The fraction of sp³-hybridized carbons (Fsp3) is 0.111. The highest BCUT2D eigenvalue weighted by Gasteiger charge is 2.11. The molecule has 0 bridgehead atoms. The second-order valence-corrected chi connectivity index (χ2v) is 5.62. The summed E-state index contributed by atoms with van der Waals surface area (Å²) in [5.74, 6) is 0.919. The van der Waals surface area contributed by atoms with Crippen molar-refractivity contribution in [3.05, 3.63) is 54.4 Å². The van der Waals surface area contributed by atoms with Gasteiger partial charge < -0.3 is 10.1 Å². The summed E-state index contributed by atoms with van der Waals surface area (Å²) in [7, 11) is 1.56. The summed E-state index contributed by atoms with van der Waals surface area (Å²) in [4.78, 5) is 12.9. The van der Waals surface area contributed by atoms with Crippen LogP contribution in [0.2, 0.25) is 0 Å². The molecular formula is C18H14N8O. The van der Waals surface area contributed by atoms with Gasteiger partial charge in [-0.3, -0.25) is 0 Å². The third-order valence-electron chi connectivity index (χ3n) is 3.83. The molecule has 0 saturated heterocycles. The molecule has 3 heterocycles. The van der Waals surface area contributed by atoms with Crippen LogP contribution >= 0.6 is 0 Å². The topological polar surface area (TPSA) is 114 Å². The summed E-state index contributed by atoms with van der Waals surface area (Å²) in [6, 6.07) is 13.2. The molecule has 4 aromatic rings. The number of nitrogens with zero attached hydrogens (tertiary/aromatic N) is 7. The van der Waals surface area contributed by atoms with Crippen LogP contribution in [-0.4, -0.2) is 37.1 Å². The minimum atomic E-state index is 0.326. The molecule has 0 fully saturated rings. The summed E-state index contributed by atoms with van der Waals surface area (Å²) >= 11 is 0. The first-order chi connectivity index (χ1) is 13.3. The van der Waals surface area contributed by atoms with Crippen LogP contribution < -0.4 is 10.1 Å². The van der Waals surface area contributed by atoms with Crippen molar-refractivity contribution in [1.82, 2.24) is 29.9 Å². The van der Waals surface area contributed by atoms with E-state index in [0.29, 0.717) is 29.4 Å². The highest BCUT2D eigenvalue weighted by Crippen LogP contribution is 2.19. The van der Waals surface area contributed by atoms with Gasteiger partial charge in [0.2, 0.25) is 11.8 Å². The van der Waals surface area contributed by atoms with Gasteiger partial charge in [-0.1, -0.05) is 17.3 Å². The summed E-state index contributed by atoms with van der Waals surface area (Å²) in [5, 5.41) is 20.3. The molecule has 1 aromatic carbocycles. The van der Waals surface area contributed by atoms with E-state index < -0.39 is 0 Å². The molecule has 3 aromatic heterocycles. The fourth-order valence-corrected chi connectivity index (χ4v) is 2.56. The Kier molecular flexibility index (Phi) is 4.29. The van der Waals surface area contributed by atoms with Crippen molar-refractivity contribution < 1.29 is 4.74 Å². The molecule has 9 nitrogen and oxygen atoms in total. The van der Waals surface area contributed by atoms with Crippen molar-refractivity contribution in [2.45, 2.75) is 6.42 Å². The maximum Gasteiger partial charge on any atom is 0.229 e. The SMILES string of the molecule is COc1ccc(Nc2ncc3nnn(-c4cccc(CC#N)c4)c3n2)cn1. The first kappa shape index (κ1) is 16.4. The predicted octanol–water partition coefficient (Wildman–Crippen LogP) is 2.42. The van der Waals surface area contributed by atoms with Gasteiger partial charge in [-0.2, -0.15) is 14.9 Å². The average Bonchev–Trinajstić information content (AvgIpc) is 3.12. The number of fused-ring (bicyclic) bond motifs is 1. The molecule has 27 heavy (non-hydrogen) atoms. The van der Waals surface area contributed by atoms with Gasteiger partial charge >= 0.3 is 0 Å². The van der Waals surface area contributed by atoms with Crippen molar-refractivity contribution in [3.63, 3.8) is 0 Å². The van der Waals surface area contributed by atoms with Crippen molar-refractivity contribution in [2.24, 2.45) is 0 Å². The van der Waals surface area contributed by atoms with Crippen molar-refractivity contribution >= 4 is 22.8 Å². The number of aromatic nitrogens is 6. The van der Waals surface area contributed by atoms with E-state index >= 15 is 0 Å². The second-order valence-electron chi connectivity index (χ2n) is 5.62. The lowest BCUT2D eigenvalue weighted by molar-refractivity contribution is 0.398. The quantitative estimate of drug-likeness (QED) is 0.578. The molecule has 0 atom stereocenters. The number of ether oxygens (including phenoxy) is 1. The van der Waals surface area contributed by atoms with Gasteiger partial charge in [0.05, 0.1) is 43.4 Å². The first-order valence-electron chi connectivity index (χ1n) is 8.08. The first-order valence-corrected chi connectivity index (χ1v) is 8.08. The number of hydrogen-bond acceptors (Lipinski definition) is 8. The summed E-state index contributed by atoms with van der Waals surface area (Å²) in [6.45, 7) is 0. The number of nitrogens with one attached hydrogen (secondary N) is 1. The minimum absolute atomic E-state index is 0.326. The van der Waals surface area contributed by atoms with E-state index in [0.717, 1.165) is 16.9 Å². The monoisotopic (exact) mass is 358 g/mol. The largest absolute Gasteiger partial charge is 0.481 e. The van der Waals surface area contributed by atoms with E-state index in [1.165, 1.54) is 0 Å². The molecule has 0 aliphatic rings. The van der Waals surface area contributed by atoms with Crippen molar-refractivity contribution in [1.29, 1.82) is 5.26 Å². The summed E-state index contributed by atoms with van der Waals surface area (Å²) < 4.78 is 6.67. The zero-order valence-electron chi connectivity index (χ0n) is 14.4. The maximum atomic E-state index is 8.90. The van der Waals surface area contributed by atoms with Crippen LogP contribution in [0.25, 0.3) is 16.9 Å². The Labute approximate surface area is 154 Å². The van der Waals surface area contributed by atoms with Gasteiger partial charge in [-0.25, -0.2) is 9.97 Å². The molecule has 0 radical (unpaired) electrons. The molecule has 0 amide bonds. The van der Waals surface area contributed by atoms with Gasteiger partial charge in [0, 0.05) is 6.07 Å². The third-order valence-corrected chi connectivity index (χ3v) is 3.83. The predicted molar refractivity (Wildman–Crippen MR) is 97.8 cm³/mol. The van der Waals surface area contributed by atoms with Crippen LogP contribution in [0.15, 0.2) is 48.8 Å². The molecule has 1 N–H and O–H groups in total. The number of benzene rings is 1. The Hall–Kier alpha value is -4.06. The molecule has 0 unspecified atom stereocenters. The van der Waals surface area contributed by atoms with Gasteiger partial charge in [0.15, 0.2) is 11.2 Å². The Morgan fingerprint density at radius 3 is 2.89 bits per heavy atom. The van der Waals surface area contributed by atoms with Gasteiger partial charge in [0.1, 0.15) is 0 Å². The highest BCUT2D eigenvalue weighted by atomic mass is 16.5. The Morgan fingerprint density at radius 1 is 1.19 bits per heavy atom. The number of nitriles is 1. The summed E-state index contributed by atoms with van der Waals surface area (Å²) in [6.07, 6.45) is 3.56. The second kappa shape index (κ2) is 7.05. The molecule has 0 spiro atoms. The third kappa shape index (κ3) is 3.36. The number of methoxy groups -OCH3 is 1. The molecule has 0 aliphatic carbocycles. The van der Waals surface area contributed by atoms with E-state index in [9.17, 15) is 0 Å². The van der Waals surface area contributed by atoms with Gasteiger partial charge in [0.25, 0.3) is 0 Å². The lowest BCUT2D eigenvalue weighted by Crippen LogP contribution is -2.02. The number of hydrogen-bond donors (Lipinski definition) is 1.